The Balaban J connectivity index is 1.42. The van der Waals surface area contributed by atoms with E-state index in [0.29, 0.717) is 29.4 Å². The summed E-state index contributed by atoms with van der Waals surface area (Å²) in [6, 6.07) is 4.92. The number of morpholine rings is 1. The minimum Gasteiger partial charge on any atom is -0.493 e. The first-order chi connectivity index (χ1) is 18.5. The van der Waals surface area contributed by atoms with Crippen molar-refractivity contribution < 1.29 is 23.8 Å². The fourth-order valence-electron chi connectivity index (χ4n) is 4.97. The molecule has 2 heterocycles. The molecule has 208 valence electrons. The molecule has 0 spiro atoms. The summed E-state index contributed by atoms with van der Waals surface area (Å²) >= 11 is 0. The number of methoxy groups -OCH3 is 2. The van der Waals surface area contributed by atoms with E-state index in [-0.39, 0.29) is 24.4 Å². The number of tetrazole rings is 1. The molecule has 0 bridgehead atoms. The van der Waals surface area contributed by atoms with Gasteiger partial charge in [-0.1, -0.05) is 12.8 Å². The van der Waals surface area contributed by atoms with Gasteiger partial charge in [0.1, 0.15) is 12.6 Å². The van der Waals surface area contributed by atoms with E-state index in [2.05, 4.69) is 25.6 Å². The maximum Gasteiger partial charge on any atom is 0.246 e. The first kappa shape index (κ1) is 27.8. The molecule has 12 nitrogen and oxygen atoms in total. The molecule has 0 unspecified atom stereocenters. The van der Waals surface area contributed by atoms with Crippen LogP contribution in [0.2, 0.25) is 0 Å². The summed E-state index contributed by atoms with van der Waals surface area (Å²) < 4.78 is 16.1. The molecule has 1 aliphatic carbocycles. The van der Waals surface area contributed by atoms with E-state index in [1.165, 1.54) is 4.80 Å². The maximum atomic E-state index is 13.5. The highest BCUT2D eigenvalue weighted by Crippen LogP contribution is 2.30. The van der Waals surface area contributed by atoms with E-state index < -0.39 is 6.04 Å². The number of hydrogen-bond acceptors (Lipinski definition) is 9. The third kappa shape index (κ3) is 7.19. The summed E-state index contributed by atoms with van der Waals surface area (Å²) in [6.45, 7) is 6.20. The average Bonchev–Trinajstić information content (AvgIpc) is 3.63. The highest BCUT2D eigenvalue weighted by Gasteiger charge is 2.29. The number of hydrogen-bond donors (Lipinski definition) is 1. The molecule has 2 aromatic rings. The molecule has 1 N–H and O–H groups in total. The maximum absolute atomic E-state index is 13.5. The van der Waals surface area contributed by atoms with Gasteiger partial charge in [0.2, 0.25) is 17.6 Å². The highest BCUT2D eigenvalue weighted by atomic mass is 16.5. The van der Waals surface area contributed by atoms with Crippen LogP contribution in [-0.2, 0) is 20.9 Å². The summed E-state index contributed by atoms with van der Waals surface area (Å²) in [6.07, 6.45) is 4.99. The van der Waals surface area contributed by atoms with Crippen LogP contribution in [0.1, 0.15) is 39.0 Å². The molecule has 2 aliphatic rings. The van der Waals surface area contributed by atoms with Crippen molar-refractivity contribution in [1.82, 2.24) is 35.3 Å². The zero-order chi connectivity index (χ0) is 26.9. The van der Waals surface area contributed by atoms with Crippen molar-refractivity contribution in [3.63, 3.8) is 0 Å². The third-order valence-corrected chi connectivity index (χ3v) is 7.22. The van der Waals surface area contributed by atoms with Crippen LogP contribution in [0.15, 0.2) is 18.2 Å². The van der Waals surface area contributed by atoms with Gasteiger partial charge in [-0.2, -0.15) is 4.80 Å². The molecule has 1 saturated carbocycles. The number of nitrogens with one attached hydrogen (secondary N) is 1. The summed E-state index contributed by atoms with van der Waals surface area (Å²) in [4.78, 5) is 31.7. The lowest BCUT2D eigenvalue weighted by atomic mass is 10.2. The Labute approximate surface area is 223 Å². The molecule has 1 aromatic heterocycles. The van der Waals surface area contributed by atoms with Gasteiger partial charge in [-0.3, -0.25) is 14.5 Å². The molecule has 4 rings (SSSR count). The number of benzene rings is 1. The van der Waals surface area contributed by atoms with E-state index in [9.17, 15) is 9.59 Å². The molecular weight excluding hydrogens is 490 g/mol. The first-order valence-corrected chi connectivity index (χ1v) is 13.4. The zero-order valence-corrected chi connectivity index (χ0v) is 22.6. The van der Waals surface area contributed by atoms with Crippen molar-refractivity contribution in [3.05, 3.63) is 18.2 Å². The van der Waals surface area contributed by atoms with Gasteiger partial charge in [0, 0.05) is 37.8 Å². The Morgan fingerprint density at radius 3 is 2.61 bits per heavy atom. The van der Waals surface area contributed by atoms with Gasteiger partial charge in [-0.05, 0) is 49.6 Å². The fourth-order valence-corrected chi connectivity index (χ4v) is 4.97. The van der Waals surface area contributed by atoms with Crippen LogP contribution < -0.4 is 14.8 Å². The van der Waals surface area contributed by atoms with Crippen LogP contribution in [0, 0.1) is 0 Å². The van der Waals surface area contributed by atoms with Gasteiger partial charge in [0.15, 0.2) is 11.5 Å². The zero-order valence-electron chi connectivity index (χ0n) is 22.6. The number of carbonyl (C=O) groups excluding carboxylic acids is 2. The van der Waals surface area contributed by atoms with Crippen molar-refractivity contribution in [2.45, 2.75) is 57.7 Å². The molecule has 1 saturated heterocycles. The van der Waals surface area contributed by atoms with Gasteiger partial charge in [-0.25, -0.2) is 0 Å². The Bertz CT molecular complexity index is 1070. The third-order valence-electron chi connectivity index (χ3n) is 7.22. The largest absolute Gasteiger partial charge is 0.493 e. The van der Waals surface area contributed by atoms with Crippen molar-refractivity contribution in [2.75, 3.05) is 53.6 Å². The van der Waals surface area contributed by atoms with E-state index in [0.717, 1.165) is 65.0 Å². The average molecular weight is 530 g/mol. The molecule has 12 heteroatoms. The molecule has 2 fully saturated rings. The second-order valence-electron chi connectivity index (χ2n) is 9.77. The van der Waals surface area contributed by atoms with E-state index in [1.807, 2.05) is 0 Å². The van der Waals surface area contributed by atoms with Gasteiger partial charge in [-0.15, -0.1) is 10.2 Å². The minimum absolute atomic E-state index is 0.112. The van der Waals surface area contributed by atoms with Crippen LogP contribution in [0.5, 0.6) is 11.5 Å². The molecule has 2 amide bonds. The number of amides is 2. The SMILES string of the molecule is COc1ccc(-c2nnn(CC(=O)N(CCCN3CCOCC3)[C@H](C)C(=O)NC3CCCC3)n2)cc1OC. The summed E-state index contributed by atoms with van der Waals surface area (Å²) in [5.74, 6) is 1.17. The number of rotatable bonds is 12. The van der Waals surface area contributed by atoms with E-state index in [1.54, 1.807) is 44.2 Å². The lowest BCUT2D eigenvalue weighted by Crippen LogP contribution is -2.51. The quantitative estimate of drug-likeness (QED) is 0.434. The van der Waals surface area contributed by atoms with Crippen LogP contribution in [0.25, 0.3) is 11.4 Å². The monoisotopic (exact) mass is 529 g/mol. The van der Waals surface area contributed by atoms with Gasteiger partial charge in [0.05, 0.1) is 27.4 Å². The Kier molecular flexibility index (Phi) is 9.88. The number of carbonyl (C=O) groups is 2. The van der Waals surface area contributed by atoms with Crippen molar-refractivity contribution in [1.29, 1.82) is 0 Å². The molecule has 1 aliphatic heterocycles. The summed E-state index contributed by atoms with van der Waals surface area (Å²) in [7, 11) is 3.13. The minimum atomic E-state index is -0.596. The Morgan fingerprint density at radius 2 is 1.89 bits per heavy atom. The second kappa shape index (κ2) is 13.5. The molecule has 0 radical (unpaired) electrons. The van der Waals surface area contributed by atoms with Crippen molar-refractivity contribution >= 4 is 11.8 Å². The van der Waals surface area contributed by atoms with Crippen LogP contribution >= 0.6 is 0 Å². The van der Waals surface area contributed by atoms with Crippen LogP contribution in [-0.4, -0.2) is 108 Å². The second-order valence-corrected chi connectivity index (χ2v) is 9.77. The topological polar surface area (TPSA) is 124 Å². The standard InChI is InChI=1S/C26H39N7O5/c1-19(26(35)27-21-7-4-5-8-21)32(12-6-11-31-13-15-38-16-14-31)24(34)18-33-29-25(28-30-33)20-9-10-22(36-2)23(17-20)37-3/h9-10,17,19,21H,4-8,11-16,18H2,1-3H3,(H,27,35)/t19-/m1/s1. The fraction of sp³-hybridized carbons (Fsp3) is 0.654. The van der Waals surface area contributed by atoms with Gasteiger partial charge in [0.25, 0.3) is 0 Å². The van der Waals surface area contributed by atoms with E-state index in [4.69, 9.17) is 14.2 Å². The Morgan fingerprint density at radius 1 is 1.16 bits per heavy atom. The summed E-state index contributed by atoms with van der Waals surface area (Å²) in [5.41, 5.74) is 0.688. The van der Waals surface area contributed by atoms with E-state index >= 15 is 0 Å². The Hall–Kier alpha value is -3.25. The normalized spacial score (nSPS) is 17.2. The van der Waals surface area contributed by atoms with Gasteiger partial charge >= 0.3 is 0 Å². The molecule has 1 aromatic carbocycles. The number of ether oxygens (including phenoxy) is 3. The number of aromatic nitrogens is 4. The predicted molar refractivity (Wildman–Crippen MR) is 140 cm³/mol. The van der Waals surface area contributed by atoms with Crippen LogP contribution in [0.4, 0.5) is 0 Å². The lowest BCUT2D eigenvalue weighted by molar-refractivity contribution is -0.141. The summed E-state index contributed by atoms with van der Waals surface area (Å²) in [5, 5.41) is 15.7. The van der Waals surface area contributed by atoms with Crippen molar-refractivity contribution in [2.24, 2.45) is 0 Å². The smallest absolute Gasteiger partial charge is 0.246 e. The van der Waals surface area contributed by atoms with Gasteiger partial charge < -0.3 is 24.4 Å². The van der Waals surface area contributed by atoms with Crippen LogP contribution in [0.3, 0.4) is 0 Å². The predicted octanol–water partition coefficient (Wildman–Crippen LogP) is 1.36. The molecule has 38 heavy (non-hydrogen) atoms. The lowest BCUT2D eigenvalue weighted by Gasteiger charge is -2.31. The molecular formula is C26H39N7O5. The highest BCUT2D eigenvalue weighted by molar-refractivity contribution is 5.87. The molecule has 1 atom stereocenters. The number of nitrogens with zero attached hydrogens (tertiary/aromatic N) is 6. The first-order valence-electron chi connectivity index (χ1n) is 13.4. The van der Waals surface area contributed by atoms with Crippen molar-refractivity contribution in [3.8, 4) is 22.9 Å².